The lowest BCUT2D eigenvalue weighted by Gasteiger charge is -2.17. The third kappa shape index (κ3) is 3.47. The highest BCUT2D eigenvalue weighted by Gasteiger charge is 2.15. The van der Waals surface area contributed by atoms with Gasteiger partial charge in [-0.25, -0.2) is 0 Å². The maximum Gasteiger partial charge on any atom is 0.0647 e. The van der Waals surface area contributed by atoms with Crippen LogP contribution in [-0.2, 0) is 12.8 Å². The number of hydrogen-bond acceptors (Lipinski definition) is 0. The Kier molecular flexibility index (Phi) is 5.71. The van der Waals surface area contributed by atoms with Gasteiger partial charge in [0.25, 0.3) is 0 Å². The Hall–Kier alpha value is -0.310. The first-order chi connectivity index (χ1) is 9.56. The monoisotopic (exact) mass is 414 g/mol. The first-order valence-electron chi connectivity index (χ1n) is 6.77. The fraction of sp³-hybridized carbons (Fsp3) is 0.294. The summed E-state index contributed by atoms with van der Waals surface area (Å²) < 4.78 is 0.931. The van der Waals surface area contributed by atoms with E-state index in [9.17, 15) is 0 Å². The molecule has 0 nitrogen and oxygen atoms in total. The third-order valence-electron chi connectivity index (χ3n) is 3.51. The SMILES string of the molecule is CCc1ccc(CC)c(C(Br)c2ccc(Br)c(Cl)c2)c1. The molecule has 3 heteroatoms. The molecule has 1 unspecified atom stereocenters. The van der Waals surface area contributed by atoms with Gasteiger partial charge in [0.15, 0.2) is 0 Å². The van der Waals surface area contributed by atoms with Crippen molar-refractivity contribution in [1.82, 2.24) is 0 Å². The standard InChI is InChI=1S/C17H17Br2Cl/c1-3-11-5-6-12(4-2)14(9-11)17(19)13-7-8-15(18)16(20)10-13/h5-10,17H,3-4H2,1-2H3. The van der Waals surface area contributed by atoms with Crippen LogP contribution in [0.3, 0.4) is 0 Å². The van der Waals surface area contributed by atoms with Gasteiger partial charge in [0, 0.05) is 4.47 Å². The summed E-state index contributed by atoms with van der Waals surface area (Å²) in [6.45, 7) is 4.38. The van der Waals surface area contributed by atoms with Crippen molar-refractivity contribution in [2.45, 2.75) is 31.5 Å². The van der Waals surface area contributed by atoms with Gasteiger partial charge in [0.1, 0.15) is 0 Å². The number of benzene rings is 2. The molecule has 2 rings (SSSR count). The van der Waals surface area contributed by atoms with E-state index < -0.39 is 0 Å². The summed E-state index contributed by atoms with van der Waals surface area (Å²) in [6.07, 6.45) is 2.09. The maximum absolute atomic E-state index is 6.21. The molecule has 0 bridgehead atoms. The molecule has 20 heavy (non-hydrogen) atoms. The Labute approximate surface area is 142 Å². The molecule has 0 amide bonds. The van der Waals surface area contributed by atoms with Gasteiger partial charge in [-0.05, 0) is 63.2 Å². The maximum atomic E-state index is 6.21. The summed E-state index contributed by atoms with van der Waals surface area (Å²) in [6, 6.07) is 12.9. The number of hydrogen-bond donors (Lipinski definition) is 0. The molecule has 0 saturated heterocycles. The zero-order valence-corrected chi connectivity index (χ0v) is 15.5. The van der Waals surface area contributed by atoms with Gasteiger partial charge in [-0.2, -0.15) is 0 Å². The van der Waals surface area contributed by atoms with Gasteiger partial charge < -0.3 is 0 Å². The van der Waals surface area contributed by atoms with Crippen molar-refractivity contribution in [3.63, 3.8) is 0 Å². The van der Waals surface area contributed by atoms with E-state index in [1.165, 1.54) is 22.3 Å². The zero-order valence-electron chi connectivity index (χ0n) is 11.6. The predicted octanol–water partition coefficient (Wildman–Crippen LogP) is 6.71. The van der Waals surface area contributed by atoms with Crippen LogP contribution in [0.25, 0.3) is 0 Å². The van der Waals surface area contributed by atoms with Crippen LogP contribution in [0, 0.1) is 0 Å². The van der Waals surface area contributed by atoms with E-state index in [1.54, 1.807) is 0 Å². The molecule has 2 aromatic carbocycles. The molecular weight excluding hydrogens is 399 g/mol. The second kappa shape index (κ2) is 7.11. The summed E-state index contributed by atoms with van der Waals surface area (Å²) in [5.74, 6) is 0. The second-order valence-electron chi connectivity index (χ2n) is 4.78. The van der Waals surface area contributed by atoms with Crippen molar-refractivity contribution in [2.24, 2.45) is 0 Å². The first kappa shape index (κ1) is 16.1. The molecule has 0 radical (unpaired) electrons. The molecule has 0 aliphatic rings. The summed E-state index contributed by atoms with van der Waals surface area (Å²) in [5, 5.41) is 0.747. The molecule has 0 aromatic heterocycles. The molecule has 0 heterocycles. The topological polar surface area (TPSA) is 0 Å². The third-order valence-corrected chi connectivity index (χ3v) is 5.76. The Morgan fingerprint density at radius 2 is 1.80 bits per heavy atom. The molecule has 106 valence electrons. The molecule has 0 fully saturated rings. The van der Waals surface area contributed by atoms with E-state index >= 15 is 0 Å². The van der Waals surface area contributed by atoms with Gasteiger partial charge in [-0.3, -0.25) is 0 Å². The van der Waals surface area contributed by atoms with Gasteiger partial charge in [0.05, 0.1) is 9.85 Å². The summed E-state index contributed by atoms with van der Waals surface area (Å²) in [7, 11) is 0. The normalized spacial score (nSPS) is 12.4. The summed E-state index contributed by atoms with van der Waals surface area (Å²) in [4.78, 5) is 0.176. The smallest absolute Gasteiger partial charge is 0.0647 e. The van der Waals surface area contributed by atoms with E-state index in [0.717, 1.165) is 22.3 Å². The van der Waals surface area contributed by atoms with E-state index in [1.807, 2.05) is 12.1 Å². The van der Waals surface area contributed by atoms with E-state index in [2.05, 4.69) is 70.0 Å². The second-order valence-corrected chi connectivity index (χ2v) is 6.95. The Bertz CT molecular complexity index is 608. The van der Waals surface area contributed by atoms with Crippen molar-refractivity contribution in [3.8, 4) is 0 Å². The van der Waals surface area contributed by atoms with Gasteiger partial charge >= 0.3 is 0 Å². The molecule has 2 aromatic rings. The van der Waals surface area contributed by atoms with Crippen molar-refractivity contribution < 1.29 is 0 Å². The van der Waals surface area contributed by atoms with Crippen LogP contribution in [-0.4, -0.2) is 0 Å². The van der Waals surface area contributed by atoms with Gasteiger partial charge in [0.2, 0.25) is 0 Å². The molecule has 0 N–H and O–H groups in total. The number of halogens is 3. The Morgan fingerprint density at radius 3 is 2.40 bits per heavy atom. The van der Waals surface area contributed by atoms with Crippen molar-refractivity contribution >= 4 is 43.5 Å². The van der Waals surface area contributed by atoms with E-state index in [0.29, 0.717) is 0 Å². The highest BCUT2D eigenvalue weighted by atomic mass is 79.9. The van der Waals surface area contributed by atoms with Crippen LogP contribution in [0.2, 0.25) is 5.02 Å². The van der Waals surface area contributed by atoms with Crippen LogP contribution in [0.5, 0.6) is 0 Å². The number of alkyl halides is 1. The van der Waals surface area contributed by atoms with Gasteiger partial charge in [-0.1, -0.05) is 65.6 Å². The largest absolute Gasteiger partial charge is 0.0831 e. The van der Waals surface area contributed by atoms with Crippen LogP contribution < -0.4 is 0 Å². The minimum atomic E-state index is 0.176. The van der Waals surface area contributed by atoms with E-state index in [-0.39, 0.29) is 4.83 Å². The predicted molar refractivity (Wildman–Crippen MR) is 95.1 cm³/mol. The minimum absolute atomic E-state index is 0.176. The van der Waals surface area contributed by atoms with Crippen LogP contribution in [0.1, 0.15) is 40.9 Å². The summed E-state index contributed by atoms with van der Waals surface area (Å²) >= 11 is 13.5. The van der Waals surface area contributed by atoms with Gasteiger partial charge in [-0.15, -0.1) is 0 Å². The highest BCUT2D eigenvalue weighted by Crippen LogP contribution is 2.36. The van der Waals surface area contributed by atoms with Crippen LogP contribution in [0.15, 0.2) is 40.9 Å². The fourth-order valence-corrected chi connectivity index (χ4v) is 3.42. The van der Waals surface area contributed by atoms with Crippen LogP contribution in [0.4, 0.5) is 0 Å². The molecule has 0 aliphatic heterocycles. The van der Waals surface area contributed by atoms with Crippen molar-refractivity contribution in [2.75, 3.05) is 0 Å². The van der Waals surface area contributed by atoms with Crippen LogP contribution >= 0.6 is 43.5 Å². The molecule has 0 spiro atoms. The Balaban J connectivity index is 2.45. The zero-order chi connectivity index (χ0) is 14.7. The number of rotatable bonds is 4. The Morgan fingerprint density at radius 1 is 1.05 bits per heavy atom. The first-order valence-corrected chi connectivity index (χ1v) is 8.86. The fourth-order valence-electron chi connectivity index (χ4n) is 2.27. The lowest BCUT2D eigenvalue weighted by molar-refractivity contribution is 1.03. The average Bonchev–Trinajstić information content (AvgIpc) is 2.48. The highest BCUT2D eigenvalue weighted by molar-refractivity contribution is 9.10. The quantitative estimate of drug-likeness (QED) is 0.486. The lowest BCUT2D eigenvalue weighted by Crippen LogP contribution is -2.00. The molecule has 0 saturated carbocycles. The molecule has 0 aliphatic carbocycles. The summed E-state index contributed by atoms with van der Waals surface area (Å²) in [5.41, 5.74) is 5.26. The number of aryl methyl sites for hydroxylation is 2. The average molecular weight is 417 g/mol. The molecule has 1 atom stereocenters. The molecular formula is C17H17Br2Cl. The van der Waals surface area contributed by atoms with Crippen molar-refractivity contribution in [1.29, 1.82) is 0 Å². The lowest BCUT2D eigenvalue weighted by atomic mass is 9.95. The van der Waals surface area contributed by atoms with Crippen molar-refractivity contribution in [3.05, 3.63) is 68.1 Å². The minimum Gasteiger partial charge on any atom is -0.0831 e. The van der Waals surface area contributed by atoms with E-state index in [4.69, 9.17) is 11.6 Å².